The fourth-order valence-corrected chi connectivity index (χ4v) is 5.47. The molecular weight excluding hydrogens is 468 g/mol. The van der Waals surface area contributed by atoms with Crippen LogP contribution in [0.25, 0.3) is 0 Å². The molecule has 0 rings (SSSR count). The summed E-state index contributed by atoms with van der Waals surface area (Å²) in [5.74, 6) is -1.30. The quantitative estimate of drug-likeness (QED) is 0.0733. The minimum Gasteiger partial charge on any atom is -0.361 e. The Balaban J connectivity index is 3.64. The summed E-state index contributed by atoms with van der Waals surface area (Å²) in [6.45, 7) is 5.91. The Morgan fingerprint density at radius 1 is 0.395 bits per heavy atom. The number of unbranched alkanes of at least 4 members (excludes halogenated alkanes) is 26. The van der Waals surface area contributed by atoms with Crippen LogP contribution in [0.3, 0.4) is 0 Å². The van der Waals surface area contributed by atoms with Crippen molar-refractivity contribution in [3.05, 3.63) is 0 Å². The van der Waals surface area contributed by atoms with Crippen LogP contribution in [-0.4, -0.2) is 29.8 Å². The summed E-state index contributed by atoms with van der Waals surface area (Å²) in [5.41, 5.74) is 5.31. The van der Waals surface area contributed by atoms with Gasteiger partial charge in [0.15, 0.2) is 0 Å². The highest BCUT2D eigenvalue weighted by atomic mass is 16.2. The Labute approximate surface area is 238 Å². The number of amides is 2. The van der Waals surface area contributed by atoms with Gasteiger partial charge in [-0.05, 0) is 12.8 Å². The van der Waals surface area contributed by atoms with E-state index in [0.29, 0.717) is 13.1 Å². The molecule has 0 fully saturated rings. The molecule has 0 aliphatic heterocycles. The third-order valence-corrected chi connectivity index (χ3v) is 8.06. The van der Waals surface area contributed by atoms with E-state index in [4.69, 9.17) is 5.73 Å². The molecule has 0 spiro atoms. The Kier molecular flexibility index (Phi) is 29.6. The van der Waals surface area contributed by atoms with Crippen LogP contribution >= 0.6 is 0 Å². The van der Waals surface area contributed by atoms with Gasteiger partial charge in [0.25, 0.3) is 0 Å². The van der Waals surface area contributed by atoms with Gasteiger partial charge in [0.2, 0.25) is 0 Å². The molecule has 0 aliphatic rings. The van der Waals surface area contributed by atoms with Gasteiger partial charge in [-0.1, -0.05) is 181 Å². The van der Waals surface area contributed by atoms with Gasteiger partial charge in [0.05, 0.1) is 0 Å². The first kappa shape index (κ1) is 36.9. The van der Waals surface area contributed by atoms with Crippen molar-refractivity contribution in [2.45, 2.75) is 194 Å². The van der Waals surface area contributed by atoms with Gasteiger partial charge in [-0.15, -0.1) is 0 Å². The lowest BCUT2D eigenvalue weighted by molar-refractivity contribution is -0.144. The normalized spacial score (nSPS) is 11.2. The fourth-order valence-electron chi connectivity index (χ4n) is 5.47. The number of carbonyl (C=O) groups excluding carboxylic acids is 2. The minimum absolute atomic E-state index is 0.491. The van der Waals surface area contributed by atoms with Crippen LogP contribution in [-0.2, 0) is 9.59 Å². The lowest BCUT2D eigenvalue weighted by Gasteiger charge is -2.21. The standard InChI is InChI=1S/C34H68N2O2/c1-3-5-7-9-11-13-15-17-19-21-23-25-27-29-31-36(34(38)33(35)37)32-30-28-26-24-22-20-18-16-14-12-10-8-6-4-2/h3-32H2,1-2H3,(H2,35,37). The summed E-state index contributed by atoms with van der Waals surface area (Å²) in [7, 11) is 0. The smallest absolute Gasteiger partial charge is 0.311 e. The van der Waals surface area contributed by atoms with Gasteiger partial charge in [-0.3, -0.25) is 9.59 Å². The van der Waals surface area contributed by atoms with Crippen molar-refractivity contribution < 1.29 is 9.59 Å². The van der Waals surface area contributed by atoms with Crippen LogP contribution < -0.4 is 5.73 Å². The van der Waals surface area contributed by atoms with E-state index in [1.165, 1.54) is 154 Å². The summed E-state index contributed by atoms with van der Waals surface area (Å²) >= 11 is 0. The van der Waals surface area contributed by atoms with Crippen LogP contribution in [0.4, 0.5) is 0 Å². The van der Waals surface area contributed by atoms with Crippen LogP contribution in [0.1, 0.15) is 194 Å². The molecule has 4 heteroatoms. The van der Waals surface area contributed by atoms with Crippen LogP contribution in [0.5, 0.6) is 0 Å². The molecule has 0 bridgehead atoms. The molecule has 0 heterocycles. The zero-order chi connectivity index (χ0) is 27.9. The van der Waals surface area contributed by atoms with Crippen molar-refractivity contribution in [2.75, 3.05) is 13.1 Å². The van der Waals surface area contributed by atoms with Gasteiger partial charge in [0.1, 0.15) is 0 Å². The topological polar surface area (TPSA) is 63.4 Å². The lowest BCUT2D eigenvalue weighted by atomic mass is 10.0. The summed E-state index contributed by atoms with van der Waals surface area (Å²) < 4.78 is 0. The number of hydrogen-bond acceptors (Lipinski definition) is 2. The number of nitrogens with zero attached hydrogens (tertiary/aromatic N) is 1. The predicted molar refractivity (Wildman–Crippen MR) is 166 cm³/mol. The molecular formula is C34H68N2O2. The van der Waals surface area contributed by atoms with Crippen LogP contribution in [0, 0.1) is 0 Å². The number of primary amides is 1. The maximum Gasteiger partial charge on any atom is 0.311 e. The van der Waals surface area contributed by atoms with Crippen molar-refractivity contribution in [2.24, 2.45) is 5.73 Å². The van der Waals surface area contributed by atoms with E-state index in [9.17, 15) is 9.59 Å². The summed E-state index contributed by atoms with van der Waals surface area (Å²) in [6.07, 6.45) is 37.0. The molecule has 0 unspecified atom stereocenters. The predicted octanol–water partition coefficient (Wildman–Crippen LogP) is 10.3. The van der Waals surface area contributed by atoms with Gasteiger partial charge >= 0.3 is 11.8 Å². The zero-order valence-corrected chi connectivity index (χ0v) is 26.1. The van der Waals surface area contributed by atoms with Crippen molar-refractivity contribution in [3.63, 3.8) is 0 Å². The Morgan fingerprint density at radius 2 is 0.605 bits per heavy atom. The number of carbonyl (C=O) groups is 2. The van der Waals surface area contributed by atoms with Gasteiger partial charge in [0, 0.05) is 13.1 Å². The molecule has 0 radical (unpaired) electrons. The first-order valence-electron chi connectivity index (χ1n) is 17.2. The molecule has 38 heavy (non-hydrogen) atoms. The molecule has 226 valence electrons. The number of nitrogens with two attached hydrogens (primary N) is 1. The van der Waals surface area contributed by atoms with E-state index in [2.05, 4.69) is 13.8 Å². The van der Waals surface area contributed by atoms with Crippen molar-refractivity contribution >= 4 is 11.8 Å². The summed E-state index contributed by atoms with van der Waals surface area (Å²) in [5, 5.41) is 0. The SMILES string of the molecule is CCCCCCCCCCCCCCCCN(CCCCCCCCCCCCCCCC)C(=O)C(N)=O. The van der Waals surface area contributed by atoms with E-state index < -0.39 is 11.8 Å². The van der Waals surface area contributed by atoms with E-state index in [0.717, 1.165) is 25.7 Å². The highest BCUT2D eigenvalue weighted by Gasteiger charge is 2.17. The van der Waals surface area contributed by atoms with Crippen LogP contribution in [0.2, 0.25) is 0 Å². The second-order valence-corrected chi connectivity index (χ2v) is 11.8. The zero-order valence-electron chi connectivity index (χ0n) is 26.1. The number of hydrogen-bond donors (Lipinski definition) is 1. The van der Waals surface area contributed by atoms with Crippen molar-refractivity contribution in [3.8, 4) is 0 Å². The monoisotopic (exact) mass is 537 g/mol. The van der Waals surface area contributed by atoms with Gasteiger partial charge < -0.3 is 10.6 Å². The molecule has 0 saturated carbocycles. The molecule has 2 N–H and O–H groups in total. The second kappa shape index (κ2) is 30.5. The van der Waals surface area contributed by atoms with E-state index >= 15 is 0 Å². The first-order valence-corrected chi connectivity index (χ1v) is 17.2. The largest absolute Gasteiger partial charge is 0.361 e. The van der Waals surface area contributed by atoms with Crippen molar-refractivity contribution in [1.29, 1.82) is 0 Å². The van der Waals surface area contributed by atoms with E-state index in [-0.39, 0.29) is 0 Å². The maximum absolute atomic E-state index is 12.2. The highest BCUT2D eigenvalue weighted by molar-refractivity contribution is 6.34. The average Bonchev–Trinajstić information content (AvgIpc) is 2.91. The van der Waals surface area contributed by atoms with Gasteiger partial charge in [-0.25, -0.2) is 0 Å². The molecule has 0 aromatic carbocycles. The summed E-state index contributed by atoms with van der Waals surface area (Å²) in [4.78, 5) is 25.4. The van der Waals surface area contributed by atoms with Crippen molar-refractivity contribution in [1.82, 2.24) is 4.90 Å². The first-order chi connectivity index (χ1) is 18.6. The van der Waals surface area contributed by atoms with E-state index in [1.807, 2.05) is 0 Å². The van der Waals surface area contributed by atoms with Gasteiger partial charge in [-0.2, -0.15) is 0 Å². The summed E-state index contributed by atoms with van der Waals surface area (Å²) in [6, 6.07) is 0. The Bertz CT molecular complexity index is 477. The highest BCUT2D eigenvalue weighted by Crippen LogP contribution is 2.15. The third-order valence-electron chi connectivity index (χ3n) is 8.06. The molecule has 0 saturated heterocycles. The number of rotatable bonds is 30. The molecule has 2 amide bonds. The maximum atomic E-state index is 12.2. The van der Waals surface area contributed by atoms with E-state index in [1.54, 1.807) is 4.90 Å². The molecule has 0 aromatic rings. The fraction of sp³-hybridized carbons (Fsp3) is 0.941. The lowest BCUT2D eigenvalue weighted by Crippen LogP contribution is -2.41. The molecule has 4 nitrogen and oxygen atoms in total. The molecule has 0 aromatic heterocycles. The molecule has 0 atom stereocenters. The molecule has 0 aliphatic carbocycles. The van der Waals surface area contributed by atoms with Crippen LogP contribution in [0.15, 0.2) is 0 Å². The Hall–Kier alpha value is -1.06. The average molecular weight is 537 g/mol. The third kappa shape index (κ3) is 26.5. The minimum atomic E-state index is -0.805. The Morgan fingerprint density at radius 3 is 0.816 bits per heavy atom. The second-order valence-electron chi connectivity index (χ2n) is 11.8.